The first-order valence-electron chi connectivity index (χ1n) is 10.7. The van der Waals surface area contributed by atoms with Gasteiger partial charge in [0.1, 0.15) is 0 Å². The smallest absolute Gasteiger partial charge is 0.182 e. The molecule has 8 atom stereocenters. The van der Waals surface area contributed by atoms with E-state index in [1.807, 2.05) is 0 Å². The van der Waals surface area contributed by atoms with E-state index < -0.39 is 30.2 Å². The molecule has 4 aliphatic rings. The zero-order chi connectivity index (χ0) is 20.7. The van der Waals surface area contributed by atoms with Crippen molar-refractivity contribution in [3.8, 4) is 0 Å². The lowest BCUT2D eigenvalue weighted by Gasteiger charge is -2.41. The zero-order valence-corrected chi connectivity index (χ0v) is 18.0. The predicted molar refractivity (Wildman–Crippen MR) is 114 cm³/mol. The first-order chi connectivity index (χ1) is 14.4. The van der Waals surface area contributed by atoms with Gasteiger partial charge >= 0.3 is 0 Å². The number of hydrogen-bond donors (Lipinski definition) is 0. The van der Waals surface area contributed by atoms with Crippen LogP contribution < -0.4 is 0 Å². The van der Waals surface area contributed by atoms with Gasteiger partial charge in [-0.15, -0.1) is 0 Å². The molecule has 156 valence electrons. The topological polar surface area (TPSA) is 68.3 Å². The average Bonchev–Trinajstić information content (AvgIpc) is 3.53. The van der Waals surface area contributed by atoms with Gasteiger partial charge in [0.15, 0.2) is 19.7 Å². The quantitative estimate of drug-likeness (QED) is 0.536. The molecule has 0 unspecified atom stereocenters. The molecule has 2 aromatic carbocycles. The monoisotopic (exact) mass is 440 g/mol. The summed E-state index contributed by atoms with van der Waals surface area (Å²) >= 11 is 0. The summed E-state index contributed by atoms with van der Waals surface area (Å²) in [4.78, 5) is 0.483. The Bertz CT molecular complexity index is 1120. The molecule has 0 amide bonds. The Morgan fingerprint density at radius 3 is 1.37 bits per heavy atom. The van der Waals surface area contributed by atoms with Gasteiger partial charge in [-0.1, -0.05) is 48.6 Å². The zero-order valence-electron chi connectivity index (χ0n) is 16.4. The van der Waals surface area contributed by atoms with E-state index in [4.69, 9.17) is 0 Å². The van der Waals surface area contributed by atoms with E-state index in [0.717, 1.165) is 6.42 Å². The van der Waals surface area contributed by atoms with Crippen LogP contribution >= 0.6 is 0 Å². The molecular formula is C24H24O4S2. The Morgan fingerprint density at radius 1 is 0.567 bits per heavy atom. The van der Waals surface area contributed by atoms with Crippen LogP contribution in [0, 0.1) is 35.5 Å². The molecular weight excluding hydrogens is 416 g/mol. The summed E-state index contributed by atoms with van der Waals surface area (Å²) in [5.74, 6) is 1.24. The van der Waals surface area contributed by atoms with Crippen molar-refractivity contribution in [1.29, 1.82) is 0 Å². The fourth-order valence-electron chi connectivity index (χ4n) is 7.27. The predicted octanol–water partition coefficient (Wildman–Crippen LogP) is 3.76. The third-order valence-corrected chi connectivity index (χ3v) is 12.9. The molecule has 4 nitrogen and oxygen atoms in total. The van der Waals surface area contributed by atoms with E-state index >= 15 is 0 Å². The molecule has 2 aromatic rings. The van der Waals surface area contributed by atoms with Crippen molar-refractivity contribution >= 4 is 19.7 Å². The van der Waals surface area contributed by atoms with Crippen LogP contribution in [0.15, 0.2) is 82.6 Å². The average molecular weight is 441 g/mol. The number of fused-ring (bicyclic) bond motifs is 9. The van der Waals surface area contributed by atoms with E-state index in [0.29, 0.717) is 30.1 Å². The maximum Gasteiger partial charge on any atom is 0.182 e. The second-order valence-electron chi connectivity index (χ2n) is 9.31. The third-order valence-electron chi connectivity index (χ3n) is 8.14. The Kier molecular flexibility index (Phi) is 3.95. The van der Waals surface area contributed by atoms with Crippen molar-refractivity contribution in [3.63, 3.8) is 0 Å². The first-order valence-corrected chi connectivity index (χ1v) is 13.8. The molecule has 3 fully saturated rings. The largest absolute Gasteiger partial charge is 0.223 e. The van der Waals surface area contributed by atoms with Gasteiger partial charge in [-0.05, 0) is 72.6 Å². The van der Waals surface area contributed by atoms with Gasteiger partial charge in [0, 0.05) is 0 Å². The van der Waals surface area contributed by atoms with E-state index in [1.54, 1.807) is 60.7 Å². The molecule has 30 heavy (non-hydrogen) atoms. The second kappa shape index (κ2) is 6.30. The van der Waals surface area contributed by atoms with Crippen molar-refractivity contribution in [1.82, 2.24) is 0 Å². The first kappa shape index (κ1) is 18.8. The summed E-state index contributed by atoms with van der Waals surface area (Å²) in [6.07, 6.45) is 6.26. The number of benzene rings is 2. The van der Waals surface area contributed by atoms with Crippen molar-refractivity contribution in [2.75, 3.05) is 0 Å². The molecule has 4 aliphatic carbocycles. The van der Waals surface area contributed by atoms with Crippen molar-refractivity contribution in [2.24, 2.45) is 35.5 Å². The van der Waals surface area contributed by atoms with Gasteiger partial charge in [-0.2, -0.15) is 0 Å². The van der Waals surface area contributed by atoms with Crippen molar-refractivity contribution in [3.05, 3.63) is 72.8 Å². The highest BCUT2D eigenvalue weighted by atomic mass is 32.2. The molecule has 0 N–H and O–H groups in total. The minimum absolute atomic E-state index is 0.0892. The summed E-state index contributed by atoms with van der Waals surface area (Å²) in [6, 6.07) is 16.8. The van der Waals surface area contributed by atoms with Crippen molar-refractivity contribution < 1.29 is 16.8 Å². The summed E-state index contributed by atoms with van der Waals surface area (Å²) in [7, 11) is -7.54. The third kappa shape index (κ3) is 2.38. The number of rotatable bonds is 4. The molecule has 0 spiro atoms. The summed E-state index contributed by atoms with van der Waals surface area (Å²) in [5, 5.41) is -1.74. The Morgan fingerprint density at radius 2 is 0.967 bits per heavy atom. The fraction of sp³-hybridized carbons (Fsp3) is 0.417. The number of sulfone groups is 2. The van der Waals surface area contributed by atoms with Crippen LogP contribution in [0.2, 0.25) is 0 Å². The molecule has 0 heterocycles. The molecule has 0 aromatic heterocycles. The van der Waals surface area contributed by atoms with E-state index in [1.165, 1.54) is 0 Å². The van der Waals surface area contributed by atoms with E-state index in [-0.39, 0.29) is 21.6 Å². The highest BCUT2D eigenvalue weighted by Gasteiger charge is 2.70. The molecule has 0 radical (unpaired) electrons. The minimum atomic E-state index is -3.77. The van der Waals surface area contributed by atoms with E-state index in [9.17, 15) is 16.8 Å². The van der Waals surface area contributed by atoms with Crippen molar-refractivity contribution in [2.45, 2.75) is 33.1 Å². The van der Waals surface area contributed by atoms with Crippen LogP contribution in [-0.4, -0.2) is 27.3 Å². The number of allylic oxidation sites excluding steroid dienone is 2. The minimum Gasteiger partial charge on any atom is -0.223 e. The van der Waals surface area contributed by atoms with Gasteiger partial charge in [-0.3, -0.25) is 0 Å². The highest BCUT2D eigenvalue weighted by Crippen LogP contribution is 2.68. The standard InChI is InChI=1S/C24H24O4S2/c25-29(26,17-7-3-1-4-8-17)23-19-14-20(22-16-12-11-15(13-16)21(19)22)24(23)30(27,28)18-9-5-2-6-10-18/h1-12,15-16,19-24H,13-14H2/t15-,16-,19-,20-,21-,22-,23-,24+/m0/s1. The van der Waals surface area contributed by atoms with Gasteiger partial charge in [0.25, 0.3) is 0 Å². The fourth-order valence-corrected chi connectivity index (χ4v) is 12.5. The summed E-state index contributed by atoms with van der Waals surface area (Å²) in [6.45, 7) is 0. The lowest BCUT2D eigenvalue weighted by Crippen LogP contribution is -2.50. The van der Waals surface area contributed by atoms with Gasteiger partial charge < -0.3 is 0 Å². The molecule has 6 rings (SSSR count). The van der Waals surface area contributed by atoms with E-state index in [2.05, 4.69) is 12.2 Å². The van der Waals surface area contributed by atoms with Crippen LogP contribution in [0.25, 0.3) is 0 Å². The lowest BCUT2D eigenvalue weighted by molar-refractivity contribution is 0.209. The maximum absolute atomic E-state index is 13.8. The normalized spacial score (nSPS) is 38.8. The summed E-state index contributed by atoms with van der Waals surface area (Å²) < 4.78 is 55.3. The maximum atomic E-state index is 13.8. The van der Waals surface area contributed by atoms with Gasteiger partial charge in [-0.25, -0.2) is 16.8 Å². The Hall–Kier alpha value is -1.92. The molecule has 0 saturated heterocycles. The van der Waals surface area contributed by atoms with Crippen LogP contribution in [0.4, 0.5) is 0 Å². The SMILES string of the molecule is O=S(=O)(c1ccccc1)[C@@H]1[C@H]2C[C@@H]([C@H]3[C@H]2[C@H]2C=C[C@H]3C2)[C@@H]1S(=O)(=O)c1ccccc1. The van der Waals surface area contributed by atoms with Crippen LogP contribution in [0.3, 0.4) is 0 Å². The molecule has 0 aliphatic heterocycles. The van der Waals surface area contributed by atoms with Crippen LogP contribution in [0.1, 0.15) is 12.8 Å². The molecule has 3 saturated carbocycles. The molecule has 4 bridgehead atoms. The second-order valence-corrected chi connectivity index (χ2v) is 13.5. The molecule has 6 heteroatoms. The number of hydrogen-bond acceptors (Lipinski definition) is 4. The Labute approximate surface area is 177 Å². The van der Waals surface area contributed by atoms with Gasteiger partial charge in [0.05, 0.1) is 20.3 Å². The Balaban J connectivity index is 1.52. The summed E-state index contributed by atoms with van der Waals surface area (Å²) in [5.41, 5.74) is 0. The van der Waals surface area contributed by atoms with Crippen LogP contribution in [0.5, 0.6) is 0 Å². The van der Waals surface area contributed by atoms with Gasteiger partial charge in [0.2, 0.25) is 0 Å². The lowest BCUT2D eigenvalue weighted by atomic mass is 9.73. The highest BCUT2D eigenvalue weighted by molar-refractivity contribution is 7.96. The van der Waals surface area contributed by atoms with Crippen LogP contribution in [-0.2, 0) is 19.7 Å².